The van der Waals surface area contributed by atoms with Crippen molar-refractivity contribution in [1.82, 2.24) is 0 Å². The molecule has 0 aromatic heterocycles. The summed E-state index contributed by atoms with van der Waals surface area (Å²) in [5, 5.41) is 8.86. The van der Waals surface area contributed by atoms with Gasteiger partial charge in [0.05, 0.1) is 0 Å². The van der Waals surface area contributed by atoms with E-state index in [4.69, 9.17) is 5.11 Å². The van der Waals surface area contributed by atoms with E-state index in [1.54, 1.807) is 13.0 Å². The van der Waals surface area contributed by atoms with E-state index in [2.05, 4.69) is 11.8 Å². The lowest BCUT2D eigenvalue weighted by molar-refractivity contribution is -0.115. The number of hydrogen-bond acceptors (Lipinski definition) is 2. The van der Waals surface area contributed by atoms with Crippen LogP contribution in [0.2, 0.25) is 0 Å². The standard InChI is InChI=1S/C10H12O2/c1-8(11)5-6-9-3-2-4-10(12)7-9/h7-8,11H,2-4H2,1H3. The van der Waals surface area contributed by atoms with Gasteiger partial charge in [0.25, 0.3) is 0 Å². The van der Waals surface area contributed by atoms with Crippen LogP contribution in [0.15, 0.2) is 11.6 Å². The molecule has 2 nitrogen and oxygen atoms in total. The van der Waals surface area contributed by atoms with Gasteiger partial charge in [-0.15, -0.1) is 0 Å². The molecule has 0 aromatic carbocycles. The Balaban J connectivity index is 2.65. The third-order valence-electron chi connectivity index (χ3n) is 1.65. The molecule has 0 spiro atoms. The van der Waals surface area contributed by atoms with Crippen molar-refractivity contribution in [2.24, 2.45) is 0 Å². The highest BCUT2D eigenvalue weighted by molar-refractivity contribution is 5.91. The number of allylic oxidation sites excluding steroid dienone is 2. The van der Waals surface area contributed by atoms with E-state index in [-0.39, 0.29) is 5.78 Å². The minimum atomic E-state index is -0.608. The average Bonchev–Trinajstić information content (AvgIpc) is 2.01. The number of carbonyl (C=O) groups is 1. The Hall–Kier alpha value is -1.07. The molecule has 12 heavy (non-hydrogen) atoms. The SMILES string of the molecule is CC(O)C#CC1=CC(=O)CCC1. The van der Waals surface area contributed by atoms with Gasteiger partial charge in [0.1, 0.15) is 6.10 Å². The first-order chi connectivity index (χ1) is 5.68. The van der Waals surface area contributed by atoms with Gasteiger partial charge in [0.2, 0.25) is 0 Å². The van der Waals surface area contributed by atoms with E-state index in [0.29, 0.717) is 6.42 Å². The van der Waals surface area contributed by atoms with Crippen LogP contribution >= 0.6 is 0 Å². The van der Waals surface area contributed by atoms with E-state index in [1.807, 2.05) is 0 Å². The van der Waals surface area contributed by atoms with Crippen LogP contribution < -0.4 is 0 Å². The summed E-state index contributed by atoms with van der Waals surface area (Å²) >= 11 is 0. The van der Waals surface area contributed by atoms with Crippen LogP contribution in [-0.4, -0.2) is 17.0 Å². The zero-order chi connectivity index (χ0) is 8.97. The summed E-state index contributed by atoms with van der Waals surface area (Å²) in [5.41, 5.74) is 0.854. The number of aliphatic hydroxyl groups excluding tert-OH is 1. The van der Waals surface area contributed by atoms with E-state index < -0.39 is 6.10 Å². The predicted molar refractivity (Wildman–Crippen MR) is 46.4 cm³/mol. The molecule has 0 radical (unpaired) electrons. The van der Waals surface area contributed by atoms with Crippen LogP contribution in [0, 0.1) is 11.8 Å². The monoisotopic (exact) mass is 164 g/mol. The Morgan fingerprint density at radius 3 is 2.92 bits per heavy atom. The number of ketones is 1. The summed E-state index contributed by atoms with van der Waals surface area (Å²) in [5.74, 6) is 5.56. The molecular formula is C10H12O2. The van der Waals surface area contributed by atoms with Gasteiger partial charge in [-0.3, -0.25) is 4.79 Å². The normalized spacial score (nSPS) is 19.2. The number of rotatable bonds is 0. The second-order valence-corrected chi connectivity index (χ2v) is 2.93. The average molecular weight is 164 g/mol. The molecule has 64 valence electrons. The molecule has 2 heteroatoms. The Labute approximate surface area is 72.3 Å². The maximum Gasteiger partial charge on any atom is 0.156 e. The van der Waals surface area contributed by atoms with Crippen molar-refractivity contribution in [3.63, 3.8) is 0 Å². The maximum absolute atomic E-state index is 10.9. The van der Waals surface area contributed by atoms with Crippen LogP contribution in [0.1, 0.15) is 26.2 Å². The molecule has 1 N–H and O–H groups in total. The highest BCUT2D eigenvalue weighted by Crippen LogP contribution is 2.13. The number of carbonyl (C=O) groups excluding carboxylic acids is 1. The lowest BCUT2D eigenvalue weighted by Gasteiger charge is -2.05. The van der Waals surface area contributed by atoms with Crippen molar-refractivity contribution in [3.05, 3.63) is 11.6 Å². The van der Waals surface area contributed by atoms with Crippen LogP contribution in [0.5, 0.6) is 0 Å². The minimum Gasteiger partial charge on any atom is -0.381 e. The van der Waals surface area contributed by atoms with Crippen molar-refractivity contribution >= 4 is 5.78 Å². The molecule has 1 unspecified atom stereocenters. The molecule has 1 aliphatic rings. The lowest BCUT2D eigenvalue weighted by atomic mass is 9.99. The molecule has 1 aliphatic carbocycles. The molecule has 0 heterocycles. The van der Waals surface area contributed by atoms with Gasteiger partial charge in [0.15, 0.2) is 5.78 Å². The van der Waals surface area contributed by atoms with E-state index in [0.717, 1.165) is 18.4 Å². The molecule has 1 rings (SSSR count). The molecule has 0 bridgehead atoms. The molecule has 0 fully saturated rings. The zero-order valence-corrected chi connectivity index (χ0v) is 7.13. The van der Waals surface area contributed by atoms with Crippen molar-refractivity contribution in [2.45, 2.75) is 32.3 Å². The maximum atomic E-state index is 10.9. The third kappa shape index (κ3) is 2.89. The smallest absolute Gasteiger partial charge is 0.156 e. The molecule has 1 atom stereocenters. The van der Waals surface area contributed by atoms with Crippen molar-refractivity contribution < 1.29 is 9.90 Å². The second-order valence-electron chi connectivity index (χ2n) is 2.93. The molecular weight excluding hydrogens is 152 g/mol. The minimum absolute atomic E-state index is 0.149. The van der Waals surface area contributed by atoms with Crippen molar-refractivity contribution in [1.29, 1.82) is 0 Å². The topological polar surface area (TPSA) is 37.3 Å². The van der Waals surface area contributed by atoms with Gasteiger partial charge in [-0.1, -0.05) is 11.8 Å². The Kier molecular flexibility index (Phi) is 3.07. The van der Waals surface area contributed by atoms with Gasteiger partial charge >= 0.3 is 0 Å². The van der Waals surface area contributed by atoms with Crippen LogP contribution in [0.3, 0.4) is 0 Å². The Bertz CT molecular complexity index is 263. The van der Waals surface area contributed by atoms with Crippen molar-refractivity contribution in [3.8, 4) is 11.8 Å². The molecule has 0 aliphatic heterocycles. The molecule has 0 amide bonds. The highest BCUT2D eigenvalue weighted by Gasteiger charge is 2.07. The summed E-state index contributed by atoms with van der Waals surface area (Å²) in [6.07, 6.45) is 3.37. The summed E-state index contributed by atoms with van der Waals surface area (Å²) in [6.45, 7) is 1.61. The highest BCUT2D eigenvalue weighted by atomic mass is 16.3. The number of hydrogen-bond donors (Lipinski definition) is 1. The molecule has 0 saturated heterocycles. The van der Waals surface area contributed by atoms with Gasteiger partial charge in [0, 0.05) is 12.0 Å². The van der Waals surface area contributed by atoms with Gasteiger partial charge in [-0.2, -0.15) is 0 Å². The Morgan fingerprint density at radius 1 is 1.58 bits per heavy atom. The summed E-state index contributed by atoms with van der Waals surface area (Å²) in [7, 11) is 0. The van der Waals surface area contributed by atoms with E-state index >= 15 is 0 Å². The van der Waals surface area contributed by atoms with E-state index in [9.17, 15) is 4.79 Å². The fourth-order valence-electron chi connectivity index (χ4n) is 1.09. The zero-order valence-electron chi connectivity index (χ0n) is 7.13. The van der Waals surface area contributed by atoms with Crippen molar-refractivity contribution in [2.75, 3.05) is 0 Å². The first-order valence-corrected chi connectivity index (χ1v) is 4.11. The fraction of sp³-hybridized carbons (Fsp3) is 0.500. The largest absolute Gasteiger partial charge is 0.381 e. The third-order valence-corrected chi connectivity index (χ3v) is 1.65. The fourth-order valence-corrected chi connectivity index (χ4v) is 1.09. The first kappa shape index (κ1) is 9.02. The summed E-state index contributed by atoms with van der Waals surface area (Å²) in [6, 6.07) is 0. The van der Waals surface area contributed by atoms with Crippen LogP contribution in [0.25, 0.3) is 0 Å². The quantitative estimate of drug-likeness (QED) is 0.543. The first-order valence-electron chi connectivity index (χ1n) is 4.11. The van der Waals surface area contributed by atoms with Crippen LogP contribution in [0.4, 0.5) is 0 Å². The van der Waals surface area contributed by atoms with Gasteiger partial charge in [-0.05, 0) is 25.8 Å². The number of aliphatic hydroxyl groups is 1. The summed E-state index contributed by atoms with van der Waals surface area (Å²) in [4.78, 5) is 10.9. The van der Waals surface area contributed by atoms with Crippen LogP contribution in [-0.2, 0) is 4.79 Å². The lowest BCUT2D eigenvalue weighted by Crippen LogP contribution is -2.02. The second kappa shape index (κ2) is 4.08. The molecule has 0 saturated carbocycles. The van der Waals surface area contributed by atoms with E-state index in [1.165, 1.54) is 0 Å². The molecule has 0 aromatic rings. The summed E-state index contributed by atoms with van der Waals surface area (Å²) < 4.78 is 0. The Morgan fingerprint density at radius 2 is 2.33 bits per heavy atom. The van der Waals surface area contributed by atoms with Gasteiger partial charge in [-0.25, -0.2) is 0 Å². The van der Waals surface area contributed by atoms with Gasteiger partial charge < -0.3 is 5.11 Å². The predicted octanol–water partition coefficient (Wildman–Crippen LogP) is 1.05.